The Balaban J connectivity index is 0.000000326. The van der Waals surface area contributed by atoms with E-state index in [0.29, 0.717) is 67.7 Å². The molecule has 0 fully saturated rings. The van der Waals surface area contributed by atoms with Crippen molar-refractivity contribution in [2.24, 2.45) is 28.2 Å². The van der Waals surface area contributed by atoms with Crippen molar-refractivity contribution in [3.63, 3.8) is 0 Å². The summed E-state index contributed by atoms with van der Waals surface area (Å²) in [5, 5.41) is 29.2. The van der Waals surface area contributed by atoms with Crippen molar-refractivity contribution in [2.75, 3.05) is 18.2 Å². The lowest BCUT2D eigenvalue weighted by Crippen LogP contribution is -2.19. The summed E-state index contributed by atoms with van der Waals surface area (Å²) in [4.78, 5) is 121. The number of Topliss-reactive ketones (excluding diaryl/α,β-unsaturated/α-hetero) is 4. The maximum atomic E-state index is 12.4. The van der Waals surface area contributed by atoms with E-state index in [-0.39, 0.29) is 138 Å². The van der Waals surface area contributed by atoms with Gasteiger partial charge in [0.2, 0.25) is 28.9 Å². The van der Waals surface area contributed by atoms with Crippen molar-refractivity contribution in [1.29, 1.82) is 0 Å². The highest BCUT2D eigenvalue weighted by Gasteiger charge is 2.33. The van der Waals surface area contributed by atoms with Gasteiger partial charge in [-0.1, -0.05) is 54.0 Å². The first kappa shape index (κ1) is 71.2. The van der Waals surface area contributed by atoms with Gasteiger partial charge in [-0.15, -0.1) is 0 Å². The molecule has 6 N–H and O–H groups in total. The molecule has 6 aromatic rings. The molecule has 0 unspecified atom stereocenters. The van der Waals surface area contributed by atoms with E-state index in [1.165, 1.54) is 46.6 Å². The van der Waals surface area contributed by atoms with Crippen LogP contribution in [0.2, 0.25) is 0 Å². The van der Waals surface area contributed by atoms with Gasteiger partial charge in [-0.3, -0.25) is 43.7 Å². The van der Waals surface area contributed by atoms with Crippen LogP contribution in [-0.2, 0) is 86.8 Å². The van der Waals surface area contributed by atoms with Gasteiger partial charge in [-0.05, 0) is 98.7 Å². The number of rotatable bonds is 11. The van der Waals surface area contributed by atoms with Crippen molar-refractivity contribution >= 4 is 69.9 Å². The van der Waals surface area contributed by atoms with E-state index in [4.69, 9.17) is 40.0 Å². The Kier molecular flexibility index (Phi) is 24.6. The van der Waals surface area contributed by atoms with Gasteiger partial charge in [0.05, 0.1) is 66.3 Å². The number of anilines is 2. The quantitative estimate of drug-likeness (QED) is 0.0596. The maximum Gasteiger partial charge on any atom is 0.509 e. The average molecular weight is 1200 g/mol. The molecule has 4 aromatic heterocycles. The third kappa shape index (κ3) is 15.2. The number of nitrogens with two attached hydrogens (primary N) is 1. The maximum absolute atomic E-state index is 12.4. The van der Waals surface area contributed by atoms with Crippen LogP contribution in [0.25, 0.3) is 0 Å². The van der Waals surface area contributed by atoms with E-state index >= 15 is 0 Å². The summed E-state index contributed by atoms with van der Waals surface area (Å²) in [5.74, 6) is -2.17. The van der Waals surface area contributed by atoms with E-state index in [0.717, 1.165) is 22.9 Å². The molecular weight excluding hydrogens is 1120 g/mol. The Labute approximate surface area is 503 Å². The summed E-state index contributed by atoms with van der Waals surface area (Å²) in [7, 11) is 7.82. The van der Waals surface area contributed by atoms with Crippen LogP contribution in [0.15, 0.2) is 120 Å². The number of nitrogens with one attached hydrogen (secondary N) is 1. The van der Waals surface area contributed by atoms with Crippen LogP contribution < -0.4 is 11.1 Å². The fourth-order valence-corrected chi connectivity index (χ4v) is 9.16. The standard InChI is InChI=1S/C23H20N2O8.C19H18N2O5.C11H11NO3.C7H9NO.4CH4/c1-11-5-16(26)19-14(21(11)28)6-12(24(19)2)9-32-23(30)33-10-13-7-15-20(25(13)3)17(27)8-18(31-4)22(15)29;1-11-7-16(23)17-15(18(11)24)8-14(21(17)2)10-26-19(25)20-13-5-3-12(9-22)4-6-13;1-6-3-9(14)10-8(11(6)15)4-7(5-13)12(10)2;8-7-3-1-6(5-9)2-4-7;;;;/h5-8H,9-10H2,1-4H3;3-8,22H,9-10H2,1-2H3,(H,20,25);3-4,13H,5H2,1-2H3;1-4,9H,5,8H2;4*1H4. The Hall–Kier alpha value is -10.1. The van der Waals surface area contributed by atoms with Gasteiger partial charge in [0, 0.05) is 68.1 Å². The third-order valence-corrected chi connectivity index (χ3v) is 13.8. The Morgan fingerprint density at radius 2 is 0.782 bits per heavy atom. The number of methoxy groups -OCH3 is 1. The predicted octanol–water partition coefficient (Wildman–Crippen LogP) is 9.19. The van der Waals surface area contributed by atoms with Gasteiger partial charge >= 0.3 is 12.2 Å². The van der Waals surface area contributed by atoms with Gasteiger partial charge in [0.25, 0.3) is 0 Å². The zero-order valence-electron chi connectivity index (χ0n) is 46.4. The van der Waals surface area contributed by atoms with Crippen LogP contribution in [0.1, 0.15) is 168 Å². The highest BCUT2D eigenvalue weighted by molar-refractivity contribution is 6.26. The molecule has 23 heteroatoms. The lowest BCUT2D eigenvalue weighted by molar-refractivity contribution is 0.0420. The number of hydrogen-bond donors (Lipinski definition) is 5. The zero-order chi connectivity index (χ0) is 60.7. The number of nitrogens with zero attached hydrogens (tertiary/aromatic N) is 4. The van der Waals surface area contributed by atoms with E-state index < -0.39 is 18.0 Å². The van der Waals surface area contributed by atoms with Gasteiger partial charge < -0.3 is 58.3 Å². The number of ether oxygens (including phenoxy) is 4. The molecule has 0 saturated heterocycles. The second kappa shape index (κ2) is 30.1. The number of carbonyl (C=O) groups is 10. The number of aliphatic hydroxyl groups excluding tert-OH is 3. The second-order valence-corrected chi connectivity index (χ2v) is 19.2. The Morgan fingerprint density at radius 1 is 0.460 bits per heavy atom. The number of ketones is 8. The predicted molar refractivity (Wildman–Crippen MR) is 323 cm³/mol. The van der Waals surface area contributed by atoms with Crippen molar-refractivity contribution in [2.45, 2.75) is 90.1 Å². The van der Waals surface area contributed by atoms with Crippen LogP contribution in [0.3, 0.4) is 0 Å². The number of amides is 1. The van der Waals surface area contributed by atoms with Crippen molar-refractivity contribution in [1.82, 2.24) is 18.3 Å². The normalized spacial score (nSPS) is 13.3. The Bertz CT molecular complexity index is 3820. The van der Waals surface area contributed by atoms with Crippen LogP contribution in [0.5, 0.6) is 0 Å². The number of allylic oxidation sites excluding steroid dienone is 8. The molecule has 0 atom stereocenters. The number of fused-ring (bicyclic) bond motifs is 4. The third-order valence-electron chi connectivity index (χ3n) is 13.8. The minimum Gasteiger partial charge on any atom is -0.492 e. The molecule has 10 rings (SSSR count). The van der Waals surface area contributed by atoms with E-state index in [1.807, 2.05) is 0 Å². The monoisotopic (exact) mass is 1200 g/mol. The fraction of sp³-hybridized carbons (Fsp3) is 0.281. The molecule has 0 radical (unpaired) electrons. The smallest absolute Gasteiger partial charge is 0.492 e. The zero-order valence-corrected chi connectivity index (χ0v) is 46.4. The first-order valence-corrected chi connectivity index (χ1v) is 25.3. The molecule has 0 saturated carbocycles. The molecule has 0 aliphatic heterocycles. The molecule has 1 amide bonds. The summed E-state index contributed by atoms with van der Waals surface area (Å²) in [6.45, 7) is 4.08. The number of aromatic nitrogens is 4. The number of nitrogen functional groups attached to an aromatic ring is 1. The molecule has 4 heterocycles. The van der Waals surface area contributed by atoms with Crippen LogP contribution >= 0.6 is 0 Å². The minimum atomic E-state index is -0.992. The van der Waals surface area contributed by atoms with E-state index in [1.54, 1.807) is 119 Å². The molecule has 4 aliphatic rings. The summed E-state index contributed by atoms with van der Waals surface area (Å²) in [6, 6.07) is 20.0. The number of aliphatic hydroxyl groups is 3. The molecule has 462 valence electrons. The summed E-state index contributed by atoms with van der Waals surface area (Å²) in [5.41, 5.74) is 13.7. The van der Waals surface area contributed by atoms with Gasteiger partial charge in [0.1, 0.15) is 42.6 Å². The van der Waals surface area contributed by atoms with Crippen LogP contribution in [0, 0.1) is 0 Å². The molecule has 23 nitrogen and oxygen atoms in total. The van der Waals surface area contributed by atoms with E-state index in [9.17, 15) is 47.9 Å². The van der Waals surface area contributed by atoms with Crippen LogP contribution in [0.4, 0.5) is 21.0 Å². The first-order chi connectivity index (χ1) is 39.4. The van der Waals surface area contributed by atoms with Crippen molar-refractivity contribution in [3.05, 3.63) is 199 Å². The van der Waals surface area contributed by atoms with Gasteiger partial charge in [-0.2, -0.15) is 0 Å². The summed E-state index contributed by atoms with van der Waals surface area (Å²) < 4.78 is 26.5. The summed E-state index contributed by atoms with van der Waals surface area (Å²) in [6.07, 6.45) is 3.41. The molecule has 4 aliphatic carbocycles. The number of carbonyl (C=O) groups excluding carboxylic acids is 10. The van der Waals surface area contributed by atoms with Crippen LogP contribution in [-0.4, -0.2) is 99.2 Å². The SMILES string of the molecule is C.C.C.C.CC1=CC(=O)c2c(cc(CO)n2C)C1=O.CC1=CC(=O)c2c(cc(COC(=O)Nc3ccc(CO)cc3)n2C)C1=O.COC1=CC(=O)c2c(cc(COC(=O)OCc3cc4c(n3C)C(=O)C=C(C)C4=O)n2C)C1=O.Nc1ccc(CO)cc1. The minimum absolute atomic E-state index is 0. The molecule has 2 aromatic carbocycles. The fourth-order valence-electron chi connectivity index (χ4n) is 9.16. The first-order valence-electron chi connectivity index (χ1n) is 25.3. The van der Waals surface area contributed by atoms with E-state index in [2.05, 4.69) is 5.32 Å². The second-order valence-electron chi connectivity index (χ2n) is 19.2. The lowest BCUT2D eigenvalue weighted by atomic mass is 9.96. The number of hydrogen-bond acceptors (Lipinski definition) is 18. The van der Waals surface area contributed by atoms with Crippen molar-refractivity contribution in [3.8, 4) is 0 Å². The van der Waals surface area contributed by atoms with Gasteiger partial charge in [0.15, 0.2) is 23.1 Å². The summed E-state index contributed by atoms with van der Waals surface area (Å²) >= 11 is 0. The average Bonchev–Trinajstić information content (AvgIpc) is 1.88. The van der Waals surface area contributed by atoms with Crippen molar-refractivity contribution < 1.29 is 82.2 Å². The molecule has 87 heavy (non-hydrogen) atoms. The topological polar surface area (TPSA) is 326 Å². The molecule has 0 bridgehead atoms. The number of benzene rings is 2. The highest BCUT2D eigenvalue weighted by Crippen LogP contribution is 2.29. The van der Waals surface area contributed by atoms with Gasteiger partial charge in [-0.25, -0.2) is 9.59 Å². The Morgan fingerprint density at radius 3 is 1.14 bits per heavy atom. The highest BCUT2D eigenvalue weighted by atomic mass is 16.7. The lowest BCUT2D eigenvalue weighted by Gasteiger charge is -2.12. The largest absolute Gasteiger partial charge is 0.509 e. The molecular formula is C64H74N6O17. The molecule has 0 spiro atoms.